The minimum atomic E-state index is -4.49. The van der Waals surface area contributed by atoms with Gasteiger partial charge in [-0.05, 0) is 44.4 Å². The summed E-state index contributed by atoms with van der Waals surface area (Å²) in [6, 6.07) is 3.68. The Bertz CT molecular complexity index is 1120. The maximum absolute atomic E-state index is 14.7. The molecule has 0 radical (unpaired) electrons. The normalized spacial score (nSPS) is 24.9. The van der Waals surface area contributed by atoms with Crippen LogP contribution in [0.3, 0.4) is 0 Å². The fourth-order valence-corrected chi connectivity index (χ4v) is 5.43. The van der Waals surface area contributed by atoms with Crippen molar-refractivity contribution in [3.8, 4) is 0 Å². The van der Waals surface area contributed by atoms with Crippen LogP contribution in [0.4, 0.5) is 28.9 Å². The van der Waals surface area contributed by atoms with Crippen LogP contribution in [0, 0.1) is 5.92 Å². The molecule has 3 atom stereocenters. The van der Waals surface area contributed by atoms with Crippen molar-refractivity contribution in [1.82, 2.24) is 20.4 Å². The van der Waals surface area contributed by atoms with Crippen molar-refractivity contribution in [2.45, 2.75) is 50.1 Å². The van der Waals surface area contributed by atoms with Crippen molar-refractivity contribution in [1.29, 1.82) is 0 Å². The van der Waals surface area contributed by atoms with E-state index in [2.05, 4.69) is 20.8 Å². The van der Waals surface area contributed by atoms with Crippen LogP contribution in [0.2, 0.25) is 0 Å². The Morgan fingerprint density at radius 1 is 1.21 bits per heavy atom. The molecule has 0 bridgehead atoms. The molecule has 13 heteroatoms. The Morgan fingerprint density at radius 3 is 2.74 bits per heavy atom. The molecular weight excluding hydrogens is 508 g/mol. The third-order valence-electron chi connectivity index (χ3n) is 7.50. The van der Waals surface area contributed by atoms with E-state index in [0.29, 0.717) is 43.1 Å². The topological polar surface area (TPSA) is 95.8 Å². The Morgan fingerprint density at radius 2 is 2.00 bits per heavy atom. The molecule has 0 saturated carbocycles. The van der Waals surface area contributed by atoms with Crippen molar-refractivity contribution in [2.24, 2.45) is 5.92 Å². The van der Waals surface area contributed by atoms with Gasteiger partial charge in [0.15, 0.2) is 5.82 Å². The van der Waals surface area contributed by atoms with Gasteiger partial charge >= 0.3 is 18.0 Å². The lowest BCUT2D eigenvalue weighted by atomic mass is 10.0. The van der Waals surface area contributed by atoms with Gasteiger partial charge in [-0.15, -0.1) is 0 Å². The summed E-state index contributed by atoms with van der Waals surface area (Å²) < 4.78 is 66.0. The number of amides is 1. The first kappa shape index (κ1) is 26.7. The fraction of sp³-hybridized carbons (Fsp3) is 0.640. The summed E-state index contributed by atoms with van der Waals surface area (Å²) in [5, 5.41) is 9.88. The minimum absolute atomic E-state index is 0.00437. The van der Waals surface area contributed by atoms with E-state index < -0.39 is 36.9 Å². The Hall–Kier alpha value is -2.93. The molecule has 1 amide bonds. The number of carbonyl (C=O) groups is 1. The molecule has 208 valence electrons. The third kappa shape index (κ3) is 6.04. The van der Waals surface area contributed by atoms with Gasteiger partial charge in [0.1, 0.15) is 12.7 Å². The predicted molar refractivity (Wildman–Crippen MR) is 131 cm³/mol. The number of nitrogens with zero attached hydrogens (tertiary/aromatic N) is 4. The van der Waals surface area contributed by atoms with E-state index in [1.165, 1.54) is 4.90 Å². The molecule has 0 spiro atoms. The van der Waals surface area contributed by atoms with E-state index in [1.807, 2.05) is 11.9 Å². The second-order valence-electron chi connectivity index (χ2n) is 10.3. The molecule has 3 aliphatic rings. The molecule has 4 heterocycles. The molecule has 5 rings (SSSR count). The van der Waals surface area contributed by atoms with Crippen molar-refractivity contribution in [3.63, 3.8) is 0 Å². The number of hydrogen-bond acceptors (Lipinski definition) is 8. The molecular formula is C25H32F4N6O3. The van der Waals surface area contributed by atoms with E-state index in [-0.39, 0.29) is 30.6 Å². The number of halogens is 4. The van der Waals surface area contributed by atoms with E-state index in [9.17, 15) is 22.4 Å². The highest BCUT2D eigenvalue weighted by Crippen LogP contribution is 2.44. The van der Waals surface area contributed by atoms with Crippen LogP contribution in [-0.4, -0.2) is 85.8 Å². The maximum atomic E-state index is 14.7. The average Bonchev–Trinajstić information content (AvgIpc) is 3.50. The molecule has 1 aromatic carbocycles. The lowest BCUT2D eigenvalue weighted by Gasteiger charge is -2.33. The number of ether oxygens (including phenoxy) is 1. The van der Waals surface area contributed by atoms with E-state index in [1.54, 1.807) is 18.2 Å². The van der Waals surface area contributed by atoms with Crippen LogP contribution in [0.5, 0.6) is 0 Å². The van der Waals surface area contributed by atoms with Crippen LogP contribution in [0.1, 0.15) is 47.4 Å². The highest BCUT2D eigenvalue weighted by molar-refractivity contribution is 5.89. The van der Waals surface area contributed by atoms with Crippen molar-refractivity contribution in [2.75, 3.05) is 56.7 Å². The summed E-state index contributed by atoms with van der Waals surface area (Å²) in [7, 11) is 1.85. The van der Waals surface area contributed by atoms with E-state index in [4.69, 9.17) is 9.26 Å². The fourth-order valence-electron chi connectivity index (χ4n) is 5.43. The number of aromatic nitrogens is 2. The van der Waals surface area contributed by atoms with Gasteiger partial charge in [-0.2, -0.15) is 18.2 Å². The molecule has 38 heavy (non-hydrogen) atoms. The molecule has 0 aliphatic carbocycles. The van der Waals surface area contributed by atoms with E-state index >= 15 is 0 Å². The third-order valence-corrected chi connectivity index (χ3v) is 7.50. The van der Waals surface area contributed by atoms with Crippen LogP contribution >= 0.6 is 0 Å². The smallest absolute Gasteiger partial charge is 0.381 e. The Labute approximate surface area is 217 Å². The van der Waals surface area contributed by atoms with Gasteiger partial charge in [0.05, 0.1) is 12.1 Å². The number of carbonyl (C=O) groups excluding carboxylic acids is 1. The number of likely N-dealkylation sites (tertiary alicyclic amines) is 1. The molecule has 9 nitrogen and oxygen atoms in total. The number of anilines is 2. The average molecular weight is 541 g/mol. The zero-order valence-corrected chi connectivity index (χ0v) is 21.1. The number of alkyl halides is 4. The second kappa shape index (κ2) is 11.0. The van der Waals surface area contributed by atoms with Gasteiger partial charge in [-0.25, -0.2) is 4.39 Å². The number of rotatable bonds is 7. The largest absolute Gasteiger partial charge is 0.405 e. The second-order valence-corrected chi connectivity index (χ2v) is 10.3. The van der Waals surface area contributed by atoms with E-state index in [0.717, 1.165) is 19.4 Å². The molecule has 2 fully saturated rings. The number of piperidine rings is 1. The minimum Gasteiger partial charge on any atom is -0.381 e. The van der Waals surface area contributed by atoms with Crippen molar-refractivity contribution >= 4 is 17.3 Å². The summed E-state index contributed by atoms with van der Waals surface area (Å²) in [5.74, 6) is -0.581. The van der Waals surface area contributed by atoms with Gasteiger partial charge in [-0.1, -0.05) is 11.2 Å². The van der Waals surface area contributed by atoms with Gasteiger partial charge in [0.25, 0.3) is 0 Å². The molecule has 2 N–H and O–H groups in total. The number of hydrogen-bond donors (Lipinski definition) is 2. The Kier molecular flexibility index (Phi) is 7.75. The number of benzene rings is 1. The van der Waals surface area contributed by atoms with Gasteiger partial charge in [-0.3, -0.25) is 4.79 Å². The van der Waals surface area contributed by atoms with Crippen LogP contribution in [-0.2, 0) is 11.2 Å². The molecule has 2 saturated heterocycles. The standard InChI is InChI=1S/C25H32F4N6O3/c1-34-8-5-19(17(26)13-34)31-18-3-2-4-20-16(18)11-21(35(20)14-25(27,28)29)22-32-24(38-33-22)23(36)30-12-15-6-9-37-10-7-15/h2-4,15,17,19,21,31H,5-14H2,1H3,(H,30,36). The Balaban J connectivity index is 1.34. The van der Waals surface area contributed by atoms with Gasteiger partial charge in [0.2, 0.25) is 0 Å². The zero-order chi connectivity index (χ0) is 26.9. The maximum Gasteiger partial charge on any atom is 0.405 e. The molecule has 3 aliphatic heterocycles. The zero-order valence-electron chi connectivity index (χ0n) is 21.1. The predicted octanol–water partition coefficient (Wildman–Crippen LogP) is 3.35. The lowest BCUT2D eigenvalue weighted by molar-refractivity contribution is -0.120. The first-order chi connectivity index (χ1) is 18.2. The SMILES string of the molecule is CN1CCC(Nc2cccc3c2CC(c2noc(C(=O)NCC4CCOCC4)n2)N3CC(F)(F)F)C(F)C1. The molecule has 2 aromatic rings. The van der Waals surface area contributed by atoms with Gasteiger partial charge < -0.3 is 29.7 Å². The summed E-state index contributed by atoms with van der Waals surface area (Å²) in [5.41, 5.74) is 1.59. The number of nitrogens with one attached hydrogen (secondary N) is 2. The molecule has 3 unspecified atom stereocenters. The highest BCUT2D eigenvalue weighted by Gasteiger charge is 2.42. The van der Waals surface area contributed by atoms with Crippen LogP contribution in [0.25, 0.3) is 0 Å². The van der Waals surface area contributed by atoms with Crippen molar-refractivity contribution < 1.29 is 31.6 Å². The summed E-state index contributed by atoms with van der Waals surface area (Å²) >= 11 is 0. The lowest BCUT2D eigenvalue weighted by Crippen LogP contribution is -2.46. The van der Waals surface area contributed by atoms with Crippen molar-refractivity contribution in [3.05, 3.63) is 35.5 Å². The molecule has 1 aromatic heterocycles. The monoisotopic (exact) mass is 540 g/mol. The highest BCUT2D eigenvalue weighted by atomic mass is 19.4. The first-order valence-corrected chi connectivity index (χ1v) is 12.9. The summed E-state index contributed by atoms with van der Waals surface area (Å²) in [6.07, 6.45) is -3.20. The van der Waals surface area contributed by atoms with Crippen LogP contribution in [0.15, 0.2) is 22.7 Å². The summed E-state index contributed by atoms with van der Waals surface area (Å²) in [4.78, 5) is 19.9. The number of fused-ring (bicyclic) bond motifs is 1. The summed E-state index contributed by atoms with van der Waals surface area (Å²) in [6.45, 7) is 1.49. The van der Waals surface area contributed by atoms with Crippen LogP contribution < -0.4 is 15.5 Å². The van der Waals surface area contributed by atoms with Gasteiger partial charge in [0, 0.05) is 56.2 Å². The first-order valence-electron chi connectivity index (χ1n) is 12.9. The quantitative estimate of drug-likeness (QED) is 0.517.